The summed E-state index contributed by atoms with van der Waals surface area (Å²) in [5.41, 5.74) is 6.95. The number of carbonyl (C=O) groups is 1. The molecule has 1 aliphatic rings. The van der Waals surface area contributed by atoms with E-state index in [0.29, 0.717) is 34.1 Å². The van der Waals surface area contributed by atoms with Crippen LogP contribution in [0.1, 0.15) is 58.8 Å². The lowest BCUT2D eigenvalue weighted by Gasteiger charge is -2.24. The van der Waals surface area contributed by atoms with Crippen LogP contribution in [0.4, 0.5) is 13.2 Å². The van der Waals surface area contributed by atoms with Crippen molar-refractivity contribution in [1.82, 2.24) is 9.55 Å². The largest absolute Gasteiger partial charge is 0.573 e. The van der Waals surface area contributed by atoms with Gasteiger partial charge in [-0.1, -0.05) is 55.7 Å². The second-order valence-electron chi connectivity index (χ2n) is 11.8. The highest BCUT2D eigenvalue weighted by Gasteiger charge is 2.31. The number of benzene rings is 3. The summed E-state index contributed by atoms with van der Waals surface area (Å²) in [6.07, 6.45) is 0.755. The van der Waals surface area contributed by atoms with Crippen molar-refractivity contribution in [2.75, 3.05) is 7.11 Å². The van der Waals surface area contributed by atoms with E-state index in [1.807, 2.05) is 42.5 Å². The fourth-order valence-electron chi connectivity index (χ4n) is 6.74. The Hall–Kier alpha value is -4.83. The van der Waals surface area contributed by atoms with Crippen LogP contribution < -0.4 is 9.47 Å². The van der Waals surface area contributed by atoms with Crippen LogP contribution in [-0.2, 0) is 6.54 Å². The number of ether oxygens (including phenoxy) is 2. The molecule has 6 aromatic rings. The van der Waals surface area contributed by atoms with E-state index in [9.17, 15) is 23.1 Å². The van der Waals surface area contributed by atoms with Gasteiger partial charge in [-0.15, -0.1) is 24.5 Å². The average Bonchev–Trinajstić information content (AvgIpc) is 3.62. The first kappa shape index (κ1) is 30.8. The normalized spacial score (nSPS) is 14.1. The summed E-state index contributed by atoms with van der Waals surface area (Å²) in [5.74, 6) is -0.182. The molecule has 7 rings (SSSR count). The fourth-order valence-corrected chi connectivity index (χ4v) is 7.86. The highest BCUT2D eigenvalue weighted by molar-refractivity contribution is 7.21. The molecule has 3 heterocycles. The maximum Gasteiger partial charge on any atom is 0.573 e. The Morgan fingerprint density at radius 1 is 0.936 bits per heavy atom. The molecule has 0 radical (unpaired) electrons. The number of halogens is 3. The minimum Gasteiger partial charge on any atom is -0.497 e. The van der Waals surface area contributed by atoms with Crippen molar-refractivity contribution in [2.45, 2.75) is 50.9 Å². The predicted molar refractivity (Wildman–Crippen MR) is 178 cm³/mol. The van der Waals surface area contributed by atoms with E-state index in [0.717, 1.165) is 63.9 Å². The number of carboxylic acid groups (broad SMARTS) is 1. The second-order valence-corrected chi connectivity index (χ2v) is 12.9. The van der Waals surface area contributed by atoms with Gasteiger partial charge in [-0.3, -0.25) is 0 Å². The van der Waals surface area contributed by atoms with Crippen molar-refractivity contribution in [1.29, 1.82) is 0 Å². The van der Waals surface area contributed by atoms with E-state index >= 15 is 0 Å². The van der Waals surface area contributed by atoms with E-state index in [1.54, 1.807) is 25.3 Å². The monoisotopic (exact) mass is 656 g/mol. The third kappa shape index (κ3) is 6.30. The van der Waals surface area contributed by atoms with Crippen LogP contribution in [0.15, 0.2) is 84.9 Å². The SMILES string of the molecule is COc1cccc(Cn2c(-c3ccc4nc(-c5cccc(OC(F)(F)F)c5)ccc4c3)c(C3CCCCC3)c3sc(C(=O)O)cc32)c1. The van der Waals surface area contributed by atoms with Crippen molar-refractivity contribution < 1.29 is 32.5 Å². The van der Waals surface area contributed by atoms with Crippen LogP contribution in [0.5, 0.6) is 11.5 Å². The molecule has 1 aliphatic carbocycles. The molecule has 0 aliphatic heterocycles. The summed E-state index contributed by atoms with van der Waals surface area (Å²) >= 11 is 1.34. The number of nitrogens with zero attached hydrogens (tertiary/aromatic N) is 2. The lowest BCUT2D eigenvalue weighted by Crippen LogP contribution is -2.17. The molecule has 3 aromatic carbocycles. The Morgan fingerprint density at radius 2 is 1.72 bits per heavy atom. The summed E-state index contributed by atoms with van der Waals surface area (Å²) in [4.78, 5) is 17.2. The lowest BCUT2D eigenvalue weighted by molar-refractivity contribution is -0.274. The van der Waals surface area contributed by atoms with Gasteiger partial charge in [0.2, 0.25) is 0 Å². The molecule has 0 spiro atoms. The van der Waals surface area contributed by atoms with Crippen molar-refractivity contribution in [3.63, 3.8) is 0 Å². The Bertz CT molecular complexity index is 2110. The van der Waals surface area contributed by atoms with E-state index in [-0.39, 0.29) is 5.75 Å². The number of aromatic nitrogens is 2. The molecule has 1 saturated carbocycles. The van der Waals surface area contributed by atoms with Crippen LogP contribution in [0.2, 0.25) is 0 Å². The predicted octanol–water partition coefficient (Wildman–Crippen LogP) is 10.3. The number of fused-ring (bicyclic) bond motifs is 2. The van der Waals surface area contributed by atoms with Gasteiger partial charge < -0.3 is 19.1 Å². The zero-order valence-corrected chi connectivity index (χ0v) is 26.3. The smallest absolute Gasteiger partial charge is 0.497 e. The number of pyridine rings is 1. The zero-order chi connectivity index (χ0) is 32.7. The molecular weight excluding hydrogens is 625 g/mol. The molecule has 10 heteroatoms. The van der Waals surface area contributed by atoms with Crippen molar-refractivity contribution in [3.8, 4) is 34.0 Å². The standard InChI is InChI=1S/C37H31F3N2O4S/c1-45-27-11-5-7-22(17-27)21-42-31-20-32(36(43)44)47-35(31)33(23-8-3-2-4-9-23)34(42)26-14-16-30-25(18-26)13-15-29(41-30)24-10-6-12-28(19-24)46-37(38,39)40/h5-7,10-20,23H,2-4,8-9,21H2,1H3,(H,43,44). The Balaban J connectivity index is 1.37. The van der Waals surface area contributed by atoms with Gasteiger partial charge in [-0.2, -0.15) is 0 Å². The van der Waals surface area contributed by atoms with Gasteiger partial charge in [0, 0.05) is 17.5 Å². The summed E-state index contributed by atoms with van der Waals surface area (Å²) in [7, 11) is 1.64. The molecule has 0 atom stereocenters. The number of aromatic carboxylic acids is 1. The molecule has 6 nitrogen and oxygen atoms in total. The molecular formula is C37H31F3N2O4S. The van der Waals surface area contributed by atoms with Gasteiger partial charge in [0.25, 0.3) is 0 Å². The third-order valence-electron chi connectivity index (χ3n) is 8.80. The number of alkyl halides is 3. The molecule has 47 heavy (non-hydrogen) atoms. The summed E-state index contributed by atoms with van der Waals surface area (Å²) < 4.78 is 51.3. The van der Waals surface area contributed by atoms with Crippen LogP contribution in [0.3, 0.4) is 0 Å². The topological polar surface area (TPSA) is 73.6 Å². The molecule has 240 valence electrons. The first-order valence-corrected chi connectivity index (χ1v) is 16.3. The van der Waals surface area contributed by atoms with Gasteiger partial charge >= 0.3 is 12.3 Å². The Morgan fingerprint density at radius 3 is 2.49 bits per heavy atom. The average molecular weight is 657 g/mol. The molecule has 0 saturated heterocycles. The quantitative estimate of drug-likeness (QED) is 0.177. The summed E-state index contributed by atoms with van der Waals surface area (Å²) in [6, 6.07) is 25.3. The van der Waals surface area contributed by atoms with Crippen LogP contribution in [0.25, 0.3) is 43.6 Å². The van der Waals surface area contributed by atoms with E-state index < -0.39 is 12.3 Å². The van der Waals surface area contributed by atoms with E-state index in [4.69, 9.17) is 9.72 Å². The van der Waals surface area contributed by atoms with Crippen molar-refractivity contribution >= 4 is 38.4 Å². The van der Waals surface area contributed by atoms with Gasteiger partial charge in [-0.05, 0) is 84.0 Å². The van der Waals surface area contributed by atoms with Gasteiger partial charge in [0.15, 0.2) is 0 Å². The number of rotatable bonds is 8. The number of hydrogen-bond acceptors (Lipinski definition) is 5. The van der Waals surface area contributed by atoms with Gasteiger partial charge in [0.1, 0.15) is 16.4 Å². The maximum atomic E-state index is 12.8. The highest BCUT2D eigenvalue weighted by Crippen LogP contribution is 2.47. The first-order valence-electron chi connectivity index (χ1n) is 15.5. The van der Waals surface area contributed by atoms with E-state index in [1.165, 1.54) is 41.5 Å². The minimum absolute atomic E-state index is 0.301. The van der Waals surface area contributed by atoms with Crippen molar-refractivity contribution in [3.05, 3.63) is 101 Å². The maximum absolute atomic E-state index is 12.8. The molecule has 1 fully saturated rings. The molecule has 0 unspecified atom stereocenters. The number of thiophene rings is 1. The molecule has 0 amide bonds. The Kier molecular flexibility index (Phi) is 8.13. The fraction of sp³-hybridized carbons (Fsp3) is 0.243. The lowest BCUT2D eigenvalue weighted by atomic mass is 9.83. The summed E-state index contributed by atoms with van der Waals surface area (Å²) in [6.45, 7) is 0.525. The summed E-state index contributed by atoms with van der Waals surface area (Å²) in [5, 5.41) is 10.8. The third-order valence-corrected chi connectivity index (χ3v) is 9.94. The number of methoxy groups -OCH3 is 1. The van der Waals surface area contributed by atoms with Crippen LogP contribution in [0, 0.1) is 0 Å². The molecule has 0 bridgehead atoms. The van der Waals surface area contributed by atoms with Crippen molar-refractivity contribution in [2.24, 2.45) is 0 Å². The Labute approximate surface area is 273 Å². The number of hydrogen-bond donors (Lipinski definition) is 1. The highest BCUT2D eigenvalue weighted by atomic mass is 32.1. The van der Waals surface area contributed by atoms with Gasteiger partial charge in [0.05, 0.1) is 34.2 Å². The molecule has 1 N–H and O–H groups in total. The number of carboxylic acids is 1. The molecule has 3 aromatic heterocycles. The first-order chi connectivity index (χ1) is 22.7. The van der Waals surface area contributed by atoms with Gasteiger partial charge in [-0.25, -0.2) is 9.78 Å². The van der Waals surface area contributed by atoms with E-state index in [2.05, 4.69) is 15.4 Å². The minimum atomic E-state index is -4.78. The second kappa shape index (κ2) is 12.4. The van der Waals surface area contributed by atoms with Crippen LogP contribution >= 0.6 is 11.3 Å². The van der Waals surface area contributed by atoms with Crippen LogP contribution in [-0.4, -0.2) is 34.1 Å². The zero-order valence-electron chi connectivity index (χ0n) is 25.5.